The first kappa shape index (κ1) is 12.5. The molecule has 0 aliphatic carbocycles. The maximum atomic E-state index is 10.9. The highest BCUT2D eigenvalue weighted by Gasteiger charge is 2.38. The molecule has 15 heavy (non-hydrogen) atoms. The Balaban J connectivity index is 2.67. The van der Waals surface area contributed by atoms with E-state index in [1.54, 1.807) is 0 Å². The summed E-state index contributed by atoms with van der Waals surface area (Å²) in [4.78, 5) is 10.9. The molecule has 0 aromatic carbocycles. The van der Waals surface area contributed by atoms with E-state index >= 15 is 0 Å². The van der Waals surface area contributed by atoms with Crippen molar-refractivity contribution < 1.29 is 19.4 Å². The smallest absolute Gasteiger partial charge is 0.302 e. The van der Waals surface area contributed by atoms with Crippen LogP contribution < -0.4 is 0 Å². The molecule has 4 atom stereocenters. The van der Waals surface area contributed by atoms with Crippen LogP contribution >= 0.6 is 0 Å². The minimum absolute atomic E-state index is 0.118. The lowest BCUT2D eigenvalue weighted by molar-refractivity contribution is -0.196. The molecular weight excluding hydrogens is 196 g/mol. The van der Waals surface area contributed by atoms with E-state index in [0.29, 0.717) is 6.42 Å². The summed E-state index contributed by atoms with van der Waals surface area (Å²) >= 11 is 0. The maximum absolute atomic E-state index is 10.9. The zero-order valence-electron chi connectivity index (χ0n) is 9.77. The van der Waals surface area contributed by atoms with Gasteiger partial charge in [0.1, 0.15) is 6.10 Å². The van der Waals surface area contributed by atoms with Crippen molar-refractivity contribution in [3.05, 3.63) is 0 Å². The molecule has 1 aliphatic rings. The molecule has 4 nitrogen and oxygen atoms in total. The van der Waals surface area contributed by atoms with Gasteiger partial charge >= 0.3 is 5.97 Å². The van der Waals surface area contributed by atoms with Crippen molar-refractivity contribution >= 4 is 5.97 Å². The van der Waals surface area contributed by atoms with Crippen molar-refractivity contribution in [1.82, 2.24) is 0 Å². The van der Waals surface area contributed by atoms with E-state index in [2.05, 4.69) is 0 Å². The van der Waals surface area contributed by atoms with Gasteiger partial charge in [-0.25, -0.2) is 0 Å². The Labute approximate surface area is 90.6 Å². The number of ether oxygens (including phenoxy) is 2. The van der Waals surface area contributed by atoms with Crippen LogP contribution in [0.2, 0.25) is 0 Å². The maximum Gasteiger partial charge on any atom is 0.302 e. The molecule has 0 amide bonds. The fourth-order valence-corrected chi connectivity index (χ4v) is 1.90. The van der Waals surface area contributed by atoms with Crippen LogP contribution in [0.1, 0.15) is 34.1 Å². The van der Waals surface area contributed by atoms with Crippen LogP contribution in [-0.2, 0) is 14.3 Å². The lowest BCUT2D eigenvalue weighted by atomic mass is 9.92. The molecule has 0 aromatic heterocycles. The molecule has 1 aliphatic heterocycles. The molecule has 1 fully saturated rings. The van der Waals surface area contributed by atoms with Gasteiger partial charge in [-0.15, -0.1) is 0 Å². The zero-order valence-corrected chi connectivity index (χ0v) is 9.77. The summed E-state index contributed by atoms with van der Waals surface area (Å²) in [5, 5.41) is 9.64. The van der Waals surface area contributed by atoms with Crippen molar-refractivity contribution in [2.45, 2.75) is 58.5 Å². The quantitative estimate of drug-likeness (QED) is 0.703. The third kappa shape index (κ3) is 3.18. The van der Waals surface area contributed by atoms with Crippen LogP contribution in [0.5, 0.6) is 0 Å². The molecule has 0 aromatic rings. The first-order valence-electron chi connectivity index (χ1n) is 5.42. The van der Waals surface area contributed by atoms with Gasteiger partial charge in [-0.05, 0) is 12.8 Å². The topological polar surface area (TPSA) is 55.8 Å². The van der Waals surface area contributed by atoms with Crippen molar-refractivity contribution in [2.24, 2.45) is 5.92 Å². The second-order valence-corrected chi connectivity index (χ2v) is 4.50. The molecule has 0 unspecified atom stereocenters. The van der Waals surface area contributed by atoms with Crippen molar-refractivity contribution in [3.8, 4) is 0 Å². The van der Waals surface area contributed by atoms with E-state index in [4.69, 9.17) is 9.47 Å². The Morgan fingerprint density at radius 1 is 1.53 bits per heavy atom. The summed E-state index contributed by atoms with van der Waals surface area (Å²) in [5.74, 6) is -0.0553. The molecule has 1 heterocycles. The van der Waals surface area contributed by atoms with Gasteiger partial charge in [0.05, 0.1) is 18.3 Å². The Morgan fingerprint density at radius 3 is 2.60 bits per heavy atom. The number of hydrogen-bond donors (Lipinski definition) is 1. The number of aliphatic hydroxyl groups is 1. The summed E-state index contributed by atoms with van der Waals surface area (Å²) in [7, 11) is 0. The standard InChI is InChI=1S/C11H20O4/c1-6(2)11-10(15-8(4)12)5-9(13)7(3)14-11/h6-7,9-11,13H,5H2,1-4H3/t7-,9-,10-,11+/m1/s1. The highest BCUT2D eigenvalue weighted by atomic mass is 16.6. The average Bonchev–Trinajstić information content (AvgIpc) is 2.09. The van der Waals surface area contributed by atoms with Gasteiger partial charge in [-0.2, -0.15) is 0 Å². The van der Waals surface area contributed by atoms with Crippen molar-refractivity contribution in [1.29, 1.82) is 0 Å². The predicted octanol–water partition coefficient (Wildman–Crippen LogP) is 1.11. The van der Waals surface area contributed by atoms with Gasteiger partial charge in [0, 0.05) is 13.3 Å². The van der Waals surface area contributed by atoms with Gasteiger partial charge in [-0.3, -0.25) is 4.79 Å². The first-order chi connectivity index (χ1) is 6.91. The first-order valence-corrected chi connectivity index (χ1v) is 5.42. The summed E-state index contributed by atoms with van der Waals surface area (Å²) in [6.45, 7) is 7.25. The second-order valence-electron chi connectivity index (χ2n) is 4.50. The SMILES string of the molecule is CC(=O)O[C@@H]1C[C@@H](O)[C@@H](C)O[C@H]1C(C)C. The monoisotopic (exact) mass is 216 g/mol. The van der Waals surface area contributed by atoms with E-state index in [-0.39, 0.29) is 30.2 Å². The Kier molecular flexibility index (Phi) is 4.11. The third-order valence-electron chi connectivity index (χ3n) is 2.73. The lowest BCUT2D eigenvalue weighted by Crippen LogP contribution is -2.49. The molecule has 4 heteroatoms. The Hall–Kier alpha value is -0.610. The van der Waals surface area contributed by atoms with E-state index in [1.165, 1.54) is 6.92 Å². The molecule has 0 spiro atoms. The van der Waals surface area contributed by atoms with Crippen LogP contribution in [0.15, 0.2) is 0 Å². The highest BCUT2D eigenvalue weighted by molar-refractivity contribution is 5.66. The second kappa shape index (κ2) is 4.94. The molecule has 1 rings (SSSR count). The minimum atomic E-state index is -0.552. The van der Waals surface area contributed by atoms with Crippen LogP contribution in [-0.4, -0.2) is 35.5 Å². The van der Waals surface area contributed by atoms with E-state index in [0.717, 1.165) is 0 Å². The van der Waals surface area contributed by atoms with E-state index in [9.17, 15) is 9.90 Å². The number of aliphatic hydroxyl groups excluding tert-OH is 1. The molecule has 1 saturated heterocycles. The lowest BCUT2D eigenvalue weighted by Gasteiger charge is -2.39. The fraction of sp³-hybridized carbons (Fsp3) is 0.909. The van der Waals surface area contributed by atoms with Gasteiger partial charge in [-0.1, -0.05) is 13.8 Å². The predicted molar refractivity (Wildman–Crippen MR) is 55.4 cm³/mol. The van der Waals surface area contributed by atoms with Crippen LogP contribution in [0.3, 0.4) is 0 Å². The largest absolute Gasteiger partial charge is 0.460 e. The van der Waals surface area contributed by atoms with Crippen LogP contribution in [0.4, 0.5) is 0 Å². The molecular formula is C11H20O4. The number of esters is 1. The average molecular weight is 216 g/mol. The molecule has 0 saturated carbocycles. The normalized spacial score (nSPS) is 36.7. The number of rotatable bonds is 2. The Morgan fingerprint density at radius 2 is 2.13 bits per heavy atom. The van der Waals surface area contributed by atoms with E-state index in [1.807, 2.05) is 20.8 Å². The molecule has 0 radical (unpaired) electrons. The third-order valence-corrected chi connectivity index (χ3v) is 2.73. The summed E-state index contributed by atoms with van der Waals surface area (Å²) < 4.78 is 10.8. The van der Waals surface area contributed by atoms with Crippen molar-refractivity contribution in [3.63, 3.8) is 0 Å². The van der Waals surface area contributed by atoms with Crippen molar-refractivity contribution in [2.75, 3.05) is 0 Å². The Bertz CT molecular complexity index is 227. The van der Waals surface area contributed by atoms with Gasteiger partial charge in [0.25, 0.3) is 0 Å². The molecule has 88 valence electrons. The van der Waals surface area contributed by atoms with Gasteiger partial charge < -0.3 is 14.6 Å². The minimum Gasteiger partial charge on any atom is -0.460 e. The number of carbonyl (C=O) groups is 1. The van der Waals surface area contributed by atoms with Gasteiger partial charge in [0.2, 0.25) is 0 Å². The highest BCUT2D eigenvalue weighted by Crippen LogP contribution is 2.27. The van der Waals surface area contributed by atoms with Crippen LogP contribution in [0.25, 0.3) is 0 Å². The fourth-order valence-electron chi connectivity index (χ4n) is 1.90. The molecule has 0 bridgehead atoms. The van der Waals surface area contributed by atoms with Crippen LogP contribution in [0, 0.1) is 5.92 Å². The zero-order chi connectivity index (χ0) is 11.6. The van der Waals surface area contributed by atoms with Gasteiger partial charge in [0.15, 0.2) is 0 Å². The summed E-state index contributed by atoms with van der Waals surface area (Å²) in [5.41, 5.74) is 0. The van der Waals surface area contributed by atoms with E-state index < -0.39 is 6.10 Å². The number of carbonyl (C=O) groups excluding carboxylic acids is 1. The summed E-state index contributed by atoms with van der Waals surface area (Å²) in [6, 6.07) is 0. The molecule has 1 N–H and O–H groups in total. The number of hydrogen-bond acceptors (Lipinski definition) is 4. The summed E-state index contributed by atoms with van der Waals surface area (Å²) in [6.07, 6.45) is -0.724.